The lowest BCUT2D eigenvalue weighted by Gasteiger charge is -2.22. The maximum atomic E-state index is 12.6. The molecule has 20 heavy (non-hydrogen) atoms. The number of hydrogen-bond donors (Lipinski definition) is 2. The molecule has 1 aromatic carbocycles. The van der Waals surface area contributed by atoms with E-state index in [1.54, 1.807) is 13.8 Å². The molecule has 3 N–H and O–H groups in total. The van der Waals surface area contributed by atoms with Crippen LogP contribution < -0.4 is 5.73 Å². The van der Waals surface area contributed by atoms with E-state index in [9.17, 15) is 4.57 Å². The Balaban J connectivity index is 2.21. The van der Waals surface area contributed by atoms with E-state index in [2.05, 4.69) is 4.98 Å². The zero-order valence-electron chi connectivity index (χ0n) is 11.8. The molecule has 0 amide bonds. The summed E-state index contributed by atoms with van der Waals surface area (Å²) in [5.74, 6) is -0.665. The summed E-state index contributed by atoms with van der Waals surface area (Å²) in [5.41, 5.74) is 8.14. The van der Waals surface area contributed by atoms with Gasteiger partial charge in [-0.3, -0.25) is 4.57 Å². The number of nitrogens with one attached hydrogen (secondary N) is 1. The summed E-state index contributed by atoms with van der Waals surface area (Å²) in [6.45, 7) is 4.20. The molecule has 110 valence electrons. The number of aromatic amines is 1. The molecular formula is C14H21N2O3P. The number of aromatic nitrogens is 1. The Morgan fingerprint density at radius 3 is 2.55 bits per heavy atom. The normalized spacial score (nSPS) is 13.8. The van der Waals surface area contributed by atoms with Gasteiger partial charge in [0, 0.05) is 23.5 Å². The number of fused-ring (bicyclic) bond motifs is 1. The standard InChI is InChI=1S/C14H21N2O3P/c1-3-18-20(17,19-4-2)14(15)9-11-10-16-13-8-6-5-7-12(11)13/h5-8,10,14,16H,3-4,9,15H2,1-2H3/t14-/m0/s1. The molecule has 6 heteroatoms. The highest BCUT2D eigenvalue weighted by molar-refractivity contribution is 7.54. The van der Waals surface area contributed by atoms with E-state index in [1.165, 1.54) is 0 Å². The van der Waals surface area contributed by atoms with E-state index in [0.29, 0.717) is 19.6 Å². The van der Waals surface area contributed by atoms with Gasteiger partial charge in [0.15, 0.2) is 0 Å². The predicted octanol–water partition coefficient (Wildman–Crippen LogP) is 3.26. The van der Waals surface area contributed by atoms with Crippen LogP contribution in [0.5, 0.6) is 0 Å². The Bertz CT molecular complexity index is 601. The van der Waals surface area contributed by atoms with Gasteiger partial charge in [-0.1, -0.05) is 18.2 Å². The van der Waals surface area contributed by atoms with Gasteiger partial charge in [-0.25, -0.2) is 0 Å². The third kappa shape index (κ3) is 3.13. The van der Waals surface area contributed by atoms with Gasteiger partial charge in [0.05, 0.1) is 13.2 Å². The van der Waals surface area contributed by atoms with Crippen LogP contribution in [0.15, 0.2) is 30.5 Å². The molecule has 1 heterocycles. The smallest absolute Gasteiger partial charge is 0.347 e. The van der Waals surface area contributed by atoms with Gasteiger partial charge in [-0.15, -0.1) is 0 Å². The van der Waals surface area contributed by atoms with Crippen LogP contribution in [-0.4, -0.2) is 24.0 Å². The second-order valence-electron chi connectivity index (χ2n) is 4.51. The third-order valence-corrected chi connectivity index (χ3v) is 5.36. The van der Waals surface area contributed by atoms with Gasteiger partial charge in [-0.2, -0.15) is 0 Å². The first kappa shape index (κ1) is 15.3. The van der Waals surface area contributed by atoms with Gasteiger partial charge >= 0.3 is 7.60 Å². The summed E-state index contributed by atoms with van der Waals surface area (Å²) in [6.07, 6.45) is 2.34. The molecule has 2 aromatic rings. The molecule has 5 nitrogen and oxygen atoms in total. The second kappa shape index (κ2) is 6.55. The highest BCUT2D eigenvalue weighted by atomic mass is 31.2. The maximum absolute atomic E-state index is 12.6. The fourth-order valence-corrected chi connectivity index (χ4v) is 3.82. The van der Waals surface area contributed by atoms with Crippen molar-refractivity contribution >= 4 is 18.5 Å². The van der Waals surface area contributed by atoms with E-state index in [-0.39, 0.29) is 0 Å². The topological polar surface area (TPSA) is 77.3 Å². The molecule has 0 saturated heterocycles. The molecule has 1 aromatic heterocycles. The first-order valence-electron chi connectivity index (χ1n) is 6.80. The largest absolute Gasteiger partial charge is 0.361 e. The van der Waals surface area contributed by atoms with Crippen molar-refractivity contribution in [1.29, 1.82) is 0 Å². The van der Waals surface area contributed by atoms with Crippen molar-refractivity contribution in [2.45, 2.75) is 26.1 Å². The number of rotatable bonds is 7. The Hall–Kier alpha value is -1.13. The summed E-state index contributed by atoms with van der Waals surface area (Å²) in [5, 5.41) is 1.09. The third-order valence-electron chi connectivity index (χ3n) is 3.13. The van der Waals surface area contributed by atoms with Crippen LogP contribution >= 0.6 is 7.60 Å². The Morgan fingerprint density at radius 1 is 1.25 bits per heavy atom. The monoisotopic (exact) mass is 296 g/mol. The van der Waals surface area contributed by atoms with Gasteiger partial charge in [0.1, 0.15) is 5.78 Å². The van der Waals surface area contributed by atoms with E-state index >= 15 is 0 Å². The lowest BCUT2D eigenvalue weighted by molar-refractivity contribution is 0.212. The quantitative estimate of drug-likeness (QED) is 0.769. The van der Waals surface area contributed by atoms with Gasteiger partial charge in [0.25, 0.3) is 0 Å². The summed E-state index contributed by atoms with van der Waals surface area (Å²) < 4.78 is 23.2. The minimum Gasteiger partial charge on any atom is -0.361 e. The molecule has 0 spiro atoms. The number of benzene rings is 1. The first-order chi connectivity index (χ1) is 9.60. The van der Waals surface area contributed by atoms with Crippen LogP contribution in [0.2, 0.25) is 0 Å². The molecule has 0 unspecified atom stereocenters. The Labute approximate surface area is 119 Å². The summed E-state index contributed by atoms with van der Waals surface area (Å²) in [4.78, 5) is 3.18. The minimum atomic E-state index is -3.27. The van der Waals surface area contributed by atoms with Crippen molar-refractivity contribution in [2.75, 3.05) is 13.2 Å². The lowest BCUT2D eigenvalue weighted by Crippen LogP contribution is -2.25. The van der Waals surface area contributed by atoms with Crippen molar-refractivity contribution in [3.63, 3.8) is 0 Å². The molecule has 0 aliphatic carbocycles. The molecule has 0 aliphatic rings. The first-order valence-corrected chi connectivity index (χ1v) is 8.41. The average molecular weight is 296 g/mol. The van der Waals surface area contributed by atoms with Crippen molar-refractivity contribution in [3.8, 4) is 0 Å². The molecule has 0 aliphatic heterocycles. The molecule has 0 radical (unpaired) electrons. The van der Waals surface area contributed by atoms with E-state index in [0.717, 1.165) is 16.5 Å². The lowest BCUT2D eigenvalue weighted by atomic mass is 10.1. The summed E-state index contributed by atoms with van der Waals surface area (Å²) in [6, 6.07) is 7.94. The summed E-state index contributed by atoms with van der Waals surface area (Å²) in [7, 11) is -3.27. The van der Waals surface area contributed by atoms with Crippen molar-refractivity contribution in [2.24, 2.45) is 5.73 Å². The zero-order valence-corrected chi connectivity index (χ0v) is 12.7. The molecule has 0 fully saturated rings. The number of H-pyrrole nitrogens is 1. The van der Waals surface area contributed by atoms with Crippen LogP contribution in [0, 0.1) is 0 Å². The average Bonchev–Trinajstić information content (AvgIpc) is 2.83. The SMILES string of the molecule is CCOP(=O)(OCC)[C@H](N)Cc1c[nH]c2ccccc12. The maximum Gasteiger partial charge on any atom is 0.347 e. The fourth-order valence-electron chi connectivity index (χ4n) is 2.23. The minimum absolute atomic E-state index is 0.318. The Morgan fingerprint density at radius 2 is 1.90 bits per heavy atom. The van der Waals surface area contributed by atoms with Crippen LogP contribution in [-0.2, 0) is 20.0 Å². The zero-order chi connectivity index (χ0) is 14.6. The van der Waals surface area contributed by atoms with Gasteiger partial charge in [-0.05, 0) is 25.5 Å². The van der Waals surface area contributed by atoms with E-state index in [1.807, 2.05) is 30.5 Å². The van der Waals surface area contributed by atoms with Crippen molar-refractivity contribution in [3.05, 3.63) is 36.0 Å². The molecule has 0 saturated carbocycles. The van der Waals surface area contributed by atoms with Crippen molar-refractivity contribution < 1.29 is 13.6 Å². The fraction of sp³-hybridized carbons (Fsp3) is 0.429. The van der Waals surface area contributed by atoms with Gasteiger partial charge < -0.3 is 19.8 Å². The second-order valence-corrected chi connectivity index (χ2v) is 6.77. The summed E-state index contributed by atoms with van der Waals surface area (Å²) >= 11 is 0. The molecular weight excluding hydrogens is 275 g/mol. The number of hydrogen-bond acceptors (Lipinski definition) is 4. The number of para-hydroxylation sites is 1. The van der Waals surface area contributed by atoms with Crippen LogP contribution in [0.3, 0.4) is 0 Å². The number of nitrogens with two attached hydrogens (primary N) is 1. The van der Waals surface area contributed by atoms with Crippen LogP contribution in [0.25, 0.3) is 10.9 Å². The van der Waals surface area contributed by atoms with E-state index < -0.39 is 13.4 Å². The molecule has 2 rings (SSSR count). The van der Waals surface area contributed by atoms with Crippen LogP contribution in [0.4, 0.5) is 0 Å². The Kier molecular flexibility index (Phi) is 5.00. The highest BCUT2D eigenvalue weighted by Gasteiger charge is 2.33. The molecule has 1 atom stereocenters. The highest BCUT2D eigenvalue weighted by Crippen LogP contribution is 2.52. The molecule has 0 bridgehead atoms. The van der Waals surface area contributed by atoms with Gasteiger partial charge in [0.2, 0.25) is 0 Å². The van der Waals surface area contributed by atoms with Crippen molar-refractivity contribution in [1.82, 2.24) is 4.98 Å². The predicted molar refractivity (Wildman–Crippen MR) is 80.8 cm³/mol. The van der Waals surface area contributed by atoms with Crippen LogP contribution in [0.1, 0.15) is 19.4 Å². The van der Waals surface area contributed by atoms with E-state index in [4.69, 9.17) is 14.8 Å².